The summed E-state index contributed by atoms with van der Waals surface area (Å²) in [7, 11) is 0. The standard InChI is InChI=1S/C19H20Cl2N2O3/c1-13-6-8-15(9-7-13)26-12-18(25)22-10-11-23(14(2)24)19-16(20)4-3-5-17(19)21/h3-9H,10-12H2,1-2H3,(H,22,25). The van der Waals surface area contributed by atoms with Crippen LogP contribution in [0.4, 0.5) is 5.69 Å². The van der Waals surface area contributed by atoms with Crippen LogP contribution in [0.1, 0.15) is 12.5 Å². The number of anilines is 1. The third-order valence-electron chi connectivity index (χ3n) is 3.64. The number of carbonyl (C=O) groups excluding carboxylic acids is 2. The Morgan fingerprint density at radius 2 is 1.69 bits per heavy atom. The SMILES string of the molecule is CC(=O)N(CCNC(=O)COc1ccc(C)cc1)c1c(Cl)cccc1Cl. The predicted octanol–water partition coefficient (Wildman–Crippen LogP) is 3.85. The van der Waals surface area contributed by atoms with Crippen LogP contribution in [0.5, 0.6) is 5.75 Å². The number of amides is 2. The van der Waals surface area contributed by atoms with Gasteiger partial charge in [0.2, 0.25) is 5.91 Å². The molecule has 2 aromatic carbocycles. The van der Waals surface area contributed by atoms with Crippen molar-refractivity contribution in [3.05, 3.63) is 58.1 Å². The summed E-state index contributed by atoms with van der Waals surface area (Å²) in [6.07, 6.45) is 0. The van der Waals surface area contributed by atoms with Crippen molar-refractivity contribution in [1.82, 2.24) is 5.32 Å². The second kappa shape index (κ2) is 9.46. The van der Waals surface area contributed by atoms with Crippen LogP contribution in [0.2, 0.25) is 10.0 Å². The van der Waals surface area contributed by atoms with Crippen LogP contribution >= 0.6 is 23.2 Å². The fraction of sp³-hybridized carbons (Fsp3) is 0.263. The fourth-order valence-corrected chi connectivity index (χ4v) is 2.92. The Kier molecular flexibility index (Phi) is 7.30. The highest BCUT2D eigenvalue weighted by atomic mass is 35.5. The van der Waals surface area contributed by atoms with Crippen LogP contribution in [-0.2, 0) is 9.59 Å². The molecule has 2 amide bonds. The molecule has 0 saturated heterocycles. The number of ether oxygens (including phenoxy) is 1. The van der Waals surface area contributed by atoms with Crippen LogP contribution in [-0.4, -0.2) is 31.5 Å². The molecule has 2 rings (SSSR count). The lowest BCUT2D eigenvalue weighted by atomic mass is 10.2. The number of halogens is 2. The highest BCUT2D eigenvalue weighted by molar-refractivity contribution is 6.39. The lowest BCUT2D eigenvalue weighted by Gasteiger charge is -2.23. The maximum atomic E-state index is 11.9. The number of aryl methyl sites for hydroxylation is 1. The molecule has 0 atom stereocenters. The molecule has 2 aromatic rings. The van der Waals surface area contributed by atoms with Gasteiger partial charge in [-0.1, -0.05) is 47.0 Å². The van der Waals surface area contributed by atoms with E-state index in [0.717, 1.165) is 5.56 Å². The molecule has 5 nitrogen and oxygen atoms in total. The first-order valence-electron chi connectivity index (χ1n) is 8.06. The van der Waals surface area contributed by atoms with Gasteiger partial charge in [0.25, 0.3) is 5.91 Å². The summed E-state index contributed by atoms with van der Waals surface area (Å²) in [6, 6.07) is 12.5. The van der Waals surface area contributed by atoms with Crippen LogP contribution < -0.4 is 15.0 Å². The van der Waals surface area contributed by atoms with Crippen molar-refractivity contribution in [3.8, 4) is 5.75 Å². The Morgan fingerprint density at radius 1 is 1.08 bits per heavy atom. The highest BCUT2D eigenvalue weighted by Crippen LogP contribution is 2.33. The summed E-state index contributed by atoms with van der Waals surface area (Å²) < 4.78 is 5.42. The zero-order valence-corrected chi connectivity index (χ0v) is 16.1. The van der Waals surface area contributed by atoms with Gasteiger partial charge >= 0.3 is 0 Å². The minimum atomic E-state index is -0.278. The minimum absolute atomic E-state index is 0.101. The van der Waals surface area contributed by atoms with Crippen molar-refractivity contribution in [2.24, 2.45) is 0 Å². The second-order valence-electron chi connectivity index (χ2n) is 5.69. The van der Waals surface area contributed by atoms with E-state index in [9.17, 15) is 9.59 Å². The highest BCUT2D eigenvalue weighted by Gasteiger charge is 2.18. The van der Waals surface area contributed by atoms with Gasteiger partial charge in [0.15, 0.2) is 6.61 Å². The van der Waals surface area contributed by atoms with Crippen molar-refractivity contribution < 1.29 is 14.3 Å². The number of rotatable bonds is 7. The quantitative estimate of drug-likeness (QED) is 0.775. The minimum Gasteiger partial charge on any atom is -0.484 e. The third kappa shape index (κ3) is 5.64. The molecule has 0 aromatic heterocycles. The number of nitrogens with one attached hydrogen (secondary N) is 1. The zero-order valence-electron chi connectivity index (χ0n) is 14.6. The monoisotopic (exact) mass is 394 g/mol. The van der Waals surface area contributed by atoms with E-state index >= 15 is 0 Å². The molecule has 0 spiro atoms. The Balaban J connectivity index is 1.87. The average molecular weight is 395 g/mol. The molecule has 0 aliphatic heterocycles. The van der Waals surface area contributed by atoms with E-state index in [1.54, 1.807) is 30.3 Å². The van der Waals surface area contributed by atoms with E-state index in [2.05, 4.69) is 5.32 Å². The molecule has 7 heteroatoms. The molecule has 26 heavy (non-hydrogen) atoms. The van der Waals surface area contributed by atoms with Crippen molar-refractivity contribution in [2.45, 2.75) is 13.8 Å². The summed E-state index contributed by atoms with van der Waals surface area (Å²) in [6.45, 7) is 3.78. The number of para-hydroxylation sites is 1. The number of nitrogens with zero attached hydrogens (tertiary/aromatic N) is 1. The second-order valence-corrected chi connectivity index (χ2v) is 6.51. The Bertz CT molecular complexity index is 759. The molecule has 0 saturated carbocycles. The Morgan fingerprint density at radius 3 is 2.27 bits per heavy atom. The smallest absolute Gasteiger partial charge is 0.258 e. The van der Waals surface area contributed by atoms with Gasteiger partial charge < -0.3 is 15.0 Å². The normalized spacial score (nSPS) is 10.3. The van der Waals surface area contributed by atoms with E-state index < -0.39 is 0 Å². The van der Waals surface area contributed by atoms with Gasteiger partial charge in [-0.2, -0.15) is 0 Å². The van der Waals surface area contributed by atoms with Crippen LogP contribution in [0.15, 0.2) is 42.5 Å². The van der Waals surface area contributed by atoms with Crippen molar-refractivity contribution in [3.63, 3.8) is 0 Å². The number of carbonyl (C=O) groups is 2. The Labute approximate surface area is 162 Å². The Hall–Kier alpha value is -2.24. The average Bonchev–Trinajstić information content (AvgIpc) is 2.59. The zero-order chi connectivity index (χ0) is 19.1. The summed E-state index contributed by atoms with van der Waals surface area (Å²) >= 11 is 12.3. The van der Waals surface area contributed by atoms with E-state index in [1.165, 1.54) is 11.8 Å². The summed E-state index contributed by atoms with van der Waals surface area (Å²) in [5, 5.41) is 3.47. The molecular weight excluding hydrogens is 375 g/mol. The van der Waals surface area contributed by atoms with Gasteiger partial charge in [-0.05, 0) is 31.2 Å². The molecule has 0 radical (unpaired) electrons. The largest absolute Gasteiger partial charge is 0.484 e. The fourth-order valence-electron chi connectivity index (χ4n) is 2.32. The van der Waals surface area contributed by atoms with Gasteiger partial charge in [-0.3, -0.25) is 9.59 Å². The first-order valence-corrected chi connectivity index (χ1v) is 8.82. The van der Waals surface area contributed by atoms with Crippen molar-refractivity contribution >= 4 is 40.7 Å². The lowest BCUT2D eigenvalue weighted by Crippen LogP contribution is -2.39. The summed E-state index contributed by atoms with van der Waals surface area (Å²) in [4.78, 5) is 25.3. The summed E-state index contributed by atoms with van der Waals surface area (Å²) in [5.74, 6) is 0.128. The molecule has 0 heterocycles. The van der Waals surface area contributed by atoms with Crippen molar-refractivity contribution in [1.29, 1.82) is 0 Å². The molecule has 0 aliphatic carbocycles. The number of hydrogen-bond acceptors (Lipinski definition) is 3. The predicted molar refractivity (Wildman–Crippen MR) is 104 cm³/mol. The molecule has 0 bridgehead atoms. The number of benzene rings is 2. The molecule has 1 N–H and O–H groups in total. The topological polar surface area (TPSA) is 58.6 Å². The van der Waals surface area contributed by atoms with Crippen LogP contribution in [0.3, 0.4) is 0 Å². The first kappa shape index (κ1) is 20.1. The molecule has 138 valence electrons. The van der Waals surface area contributed by atoms with Gasteiger partial charge in [-0.25, -0.2) is 0 Å². The van der Waals surface area contributed by atoms with Gasteiger partial charge in [0, 0.05) is 20.0 Å². The van der Waals surface area contributed by atoms with Crippen molar-refractivity contribution in [2.75, 3.05) is 24.6 Å². The molecular formula is C19H20Cl2N2O3. The van der Waals surface area contributed by atoms with Gasteiger partial charge in [-0.15, -0.1) is 0 Å². The van der Waals surface area contributed by atoms with Gasteiger partial charge in [0.05, 0.1) is 15.7 Å². The molecule has 0 aliphatic rings. The maximum absolute atomic E-state index is 11.9. The van der Waals surface area contributed by atoms with Crippen LogP contribution in [0, 0.1) is 6.92 Å². The number of hydrogen-bond donors (Lipinski definition) is 1. The lowest BCUT2D eigenvalue weighted by molar-refractivity contribution is -0.123. The first-order chi connectivity index (χ1) is 12.4. The van der Waals surface area contributed by atoms with E-state index in [0.29, 0.717) is 21.5 Å². The summed E-state index contributed by atoms with van der Waals surface area (Å²) in [5.41, 5.74) is 1.55. The van der Waals surface area contributed by atoms with E-state index in [4.69, 9.17) is 27.9 Å². The van der Waals surface area contributed by atoms with E-state index in [1.807, 2.05) is 19.1 Å². The maximum Gasteiger partial charge on any atom is 0.258 e. The molecule has 0 fully saturated rings. The van der Waals surface area contributed by atoms with E-state index in [-0.39, 0.29) is 31.5 Å². The molecule has 0 unspecified atom stereocenters. The van der Waals surface area contributed by atoms with Crippen LogP contribution in [0.25, 0.3) is 0 Å². The van der Waals surface area contributed by atoms with Gasteiger partial charge in [0.1, 0.15) is 5.75 Å². The third-order valence-corrected chi connectivity index (χ3v) is 4.25.